The Labute approximate surface area is 112 Å². The van der Waals surface area contributed by atoms with Gasteiger partial charge in [0.1, 0.15) is 0 Å². The second-order valence-corrected chi connectivity index (χ2v) is 6.53. The van der Waals surface area contributed by atoms with Gasteiger partial charge in [-0.15, -0.1) is 11.3 Å². The van der Waals surface area contributed by atoms with Gasteiger partial charge in [0, 0.05) is 23.7 Å². The van der Waals surface area contributed by atoms with E-state index in [1.54, 1.807) is 11.3 Å². The minimum atomic E-state index is 0.121. The lowest BCUT2D eigenvalue weighted by atomic mass is 10.1. The zero-order valence-corrected chi connectivity index (χ0v) is 12.2. The molecule has 0 unspecified atom stereocenters. The highest BCUT2D eigenvalue weighted by atomic mass is 32.1. The zero-order chi connectivity index (χ0) is 13.2. The van der Waals surface area contributed by atoms with Gasteiger partial charge in [0.15, 0.2) is 0 Å². The van der Waals surface area contributed by atoms with E-state index in [1.807, 2.05) is 17.8 Å². The van der Waals surface area contributed by atoms with Crippen molar-refractivity contribution in [3.05, 3.63) is 34.0 Å². The summed E-state index contributed by atoms with van der Waals surface area (Å²) in [6, 6.07) is 2.05. The van der Waals surface area contributed by atoms with Crippen LogP contribution in [0.1, 0.15) is 37.2 Å². The van der Waals surface area contributed by atoms with Gasteiger partial charge in [0.25, 0.3) is 0 Å². The van der Waals surface area contributed by atoms with Gasteiger partial charge in [0.05, 0.1) is 22.9 Å². The second-order valence-electron chi connectivity index (χ2n) is 5.47. The van der Waals surface area contributed by atoms with E-state index >= 15 is 0 Å². The van der Waals surface area contributed by atoms with Crippen LogP contribution >= 0.6 is 11.3 Å². The summed E-state index contributed by atoms with van der Waals surface area (Å²) in [6.07, 6.45) is 2.01. The molecule has 2 aromatic heterocycles. The first-order valence-electron chi connectivity index (χ1n) is 6.11. The number of rotatable bonds is 4. The molecule has 0 spiro atoms. The Balaban J connectivity index is 1.94. The first kappa shape index (κ1) is 13.2. The van der Waals surface area contributed by atoms with Crippen LogP contribution in [0.5, 0.6) is 0 Å². The summed E-state index contributed by atoms with van der Waals surface area (Å²) < 4.78 is 1.94. The molecular weight excluding hydrogens is 244 g/mol. The standard InChI is InChI=1S/C13H20N4S/c1-10-15-12(9-18-10)8-17-6-5-11(16-17)7-14-13(2,3)4/h5-6,9,14H,7-8H2,1-4H3. The fourth-order valence-electron chi connectivity index (χ4n) is 1.59. The highest BCUT2D eigenvalue weighted by Gasteiger charge is 2.09. The third-order valence-corrected chi connectivity index (χ3v) is 3.31. The van der Waals surface area contributed by atoms with Crippen molar-refractivity contribution in [2.24, 2.45) is 0 Å². The number of nitrogens with zero attached hydrogens (tertiary/aromatic N) is 3. The SMILES string of the molecule is Cc1nc(Cn2ccc(CNC(C)(C)C)n2)cs1. The maximum absolute atomic E-state index is 4.54. The predicted molar refractivity (Wildman–Crippen MR) is 74.8 cm³/mol. The van der Waals surface area contributed by atoms with E-state index < -0.39 is 0 Å². The molecule has 0 amide bonds. The summed E-state index contributed by atoms with van der Waals surface area (Å²) >= 11 is 1.68. The van der Waals surface area contributed by atoms with E-state index in [2.05, 4.69) is 47.6 Å². The third-order valence-electron chi connectivity index (χ3n) is 2.49. The van der Waals surface area contributed by atoms with Crippen molar-refractivity contribution >= 4 is 11.3 Å². The van der Waals surface area contributed by atoms with Crippen LogP contribution in [0.15, 0.2) is 17.6 Å². The Kier molecular flexibility index (Phi) is 3.82. The molecule has 5 heteroatoms. The lowest BCUT2D eigenvalue weighted by Gasteiger charge is -2.19. The Bertz CT molecular complexity index is 507. The molecule has 98 valence electrons. The average Bonchev–Trinajstić information content (AvgIpc) is 2.85. The molecule has 0 aliphatic heterocycles. The monoisotopic (exact) mass is 264 g/mol. The number of nitrogens with one attached hydrogen (secondary N) is 1. The second kappa shape index (κ2) is 5.20. The molecule has 0 aliphatic carbocycles. The van der Waals surface area contributed by atoms with Gasteiger partial charge in [-0.3, -0.25) is 4.68 Å². The van der Waals surface area contributed by atoms with Crippen molar-refractivity contribution in [2.75, 3.05) is 0 Å². The van der Waals surface area contributed by atoms with Gasteiger partial charge in [-0.1, -0.05) is 0 Å². The first-order chi connectivity index (χ1) is 8.42. The van der Waals surface area contributed by atoms with E-state index in [-0.39, 0.29) is 5.54 Å². The molecule has 18 heavy (non-hydrogen) atoms. The molecule has 0 fully saturated rings. The predicted octanol–water partition coefficient (Wildman–Crippen LogP) is 2.58. The van der Waals surface area contributed by atoms with Crippen molar-refractivity contribution in [1.29, 1.82) is 0 Å². The lowest BCUT2D eigenvalue weighted by molar-refractivity contribution is 0.419. The van der Waals surface area contributed by atoms with Gasteiger partial charge >= 0.3 is 0 Å². The van der Waals surface area contributed by atoms with E-state index in [1.165, 1.54) is 0 Å². The topological polar surface area (TPSA) is 42.7 Å². The van der Waals surface area contributed by atoms with Gasteiger partial charge < -0.3 is 5.32 Å². The lowest BCUT2D eigenvalue weighted by Crippen LogP contribution is -2.35. The zero-order valence-electron chi connectivity index (χ0n) is 11.4. The van der Waals surface area contributed by atoms with Crippen molar-refractivity contribution < 1.29 is 0 Å². The summed E-state index contributed by atoms with van der Waals surface area (Å²) in [5.74, 6) is 0. The summed E-state index contributed by atoms with van der Waals surface area (Å²) in [6.45, 7) is 10.0. The van der Waals surface area contributed by atoms with Crippen LogP contribution < -0.4 is 5.32 Å². The molecule has 4 nitrogen and oxygen atoms in total. The number of aromatic nitrogens is 3. The number of aryl methyl sites for hydroxylation is 1. The molecule has 1 N–H and O–H groups in total. The molecule has 0 aliphatic rings. The van der Waals surface area contributed by atoms with E-state index in [0.717, 1.165) is 29.5 Å². The maximum atomic E-state index is 4.54. The Morgan fingerprint density at radius 1 is 1.33 bits per heavy atom. The molecule has 0 saturated carbocycles. The quantitative estimate of drug-likeness (QED) is 0.923. The van der Waals surface area contributed by atoms with Crippen LogP contribution in [0, 0.1) is 6.92 Å². The maximum Gasteiger partial charge on any atom is 0.0898 e. The van der Waals surface area contributed by atoms with Gasteiger partial charge in [0.2, 0.25) is 0 Å². The molecule has 2 rings (SSSR count). The minimum absolute atomic E-state index is 0.121. The van der Waals surface area contributed by atoms with Crippen molar-refractivity contribution in [3.63, 3.8) is 0 Å². The number of hydrogen-bond acceptors (Lipinski definition) is 4. The Morgan fingerprint density at radius 3 is 2.72 bits per heavy atom. The van der Waals surface area contributed by atoms with Crippen LogP contribution in [0.4, 0.5) is 0 Å². The normalized spacial score (nSPS) is 12.0. The van der Waals surface area contributed by atoms with Crippen LogP contribution in [0.3, 0.4) is 0 Å². The Hall–Kier alpha value is -1.20. The van der Waals surface area contributed by atoms with Gasteiger partial charge in [-0.2, -0.15) is 5.10 Å². The van der Waals surface area contributed by atoms with Crippen molar-refractivity contribution in [3.8, 4) is 0 Å². The third kappa shape index (κ3) is 3.92. The molecule has 0 aromatic carbocycles. The largest absolute Gasteiger partial charge is 0.306 e. The summed E-state index contributed by atoms with van der Waals surface area (Å²) in [5.41, 5.74) is 2.27. The van der Waals surface area contributed by atoms with E-state index in [4.69, 9.17) is 0 Å². The van der Waals surface area contributed by atoms with Crippen LogP contribution in [0.25, 0.3) is 0 Å². The molecule has 2 aromatic rings. The number of thiazole rings is 1. The molecular formula is C13H20N4S. The summed E-state index contributed by atoms with van der Waals surface area (Å²) in [7, 11) is 0. The Morgan fingerprint density at radius 2 is 2.11 bits per heavy atom. The van der Waals surface area contributed by atoms with Crippen molar-refractivity contribution in [1.82, 2.24) is 20.1 Å². The minimum Gasteiger partial charge on any atom is -0.306 e. The van der Waals surface area contributed by atoms with E-state index in [0.29, 0.717) is 0 Å². The highest BCUT2D eigenvalue weighted by Crippen LogP contribution is 2.09. The fraction of sp³-hybridized carbons (Fsp3) is 0.538. The molecule has 0 saturated heterocycles. The molecule has 0 atom stereocenters. The smallest absolute Gasteiger partial charge is 0.0898 e. The average molecular weight is 264 g/mol. The summed E-state index contributed by atoms with van der Waals surface area (Å²) in [4.78, 5) is 4.44. The molecule has 2 heterocycles. The first-order valence-corrected chi connectivity index (χ1v) is 6.99. The van der Waals surface area contributed by atoms with E-state index in [9.17, 15) is 0 Å². The molecule has 0 bridgehead atoms. The van der Waals surface area contributed by atoms with Crippen LogP contribution in [-0.2, 0) is 13.1 Å². The van der Waals surface area contributed by atoms with Crippen LogP contribution in [-0.4, -0.2) is 20.3 Å². The van der Waals surface area contributed by atoms with Gasteiger partial charge in [-0.05, 0) is 33.8 Å². The molecule has 0 radical (unpaired) electrons. The van der Waals surface area contributed by atoms with Gasteiger partial charge in [-0.25, -0.2) is 4.98 Å². The number of hydrogen-bond donors (Lipinski definition) is 1. The van der Waals surface area contributed by atoms with Crippen LogP contribution in [0.2, 0.25) is 0 Å². The fourth-order valence-corrected chi connectivity index (χ4v) is 2.19. The van der Waals surface area contributed by atoms with Crippen molar-refractivity contribution in [2.45, 2.75) is 46.3 Å². The highest BCUT2D eigenvalue weighted by molar-refractivity contribution is 7.09. The summed E-state index contributed by atoms with van der Waals surface area (Å²) in [5, 5.41) is 11.2.